The fraction of sp³-hybridized carbons (Fsp3) is 0.182. The predicted molar refractivity (Wildman–Crippen MR) is 109 cm³/mol. The standard InChI is InChI=1S/C22H20N4O3/c1-29-21(28)16-6-8-19(9-7-16)25-20(27)18-12-23-22(24-13-18)26-11-10-15-4-2-3-5-17(15)14-26/h2-9,12-13H,10-11,14H2,1H3,(H,25,27). The van der Waals surface area contributed by atoms with Crippen molar-refractivity contribution in [1.29, 1.82) is 0 Å². The van der Waals surface area contributed by atoms with Crippen LogP contribution in [-0.4, -0.2) is 35.5 Å². The van der Waals surface area contributed by atoms with Crippen LogP contribution in [0.5, 0.6) is 0 Å². The molecule has 0 aliphatic carbocycles. The van der Waals surface area contributed by atoms with E-state index in [0.29, 0.717) is 22.8 Å². The van der Waals surface area contributed by atoms with Crippen LogP contribution in [0.2, 0.25) is 0 Å². The molecule has 1 aliphatic heterocycles. The van der Waals surface area contributed by atoms with Crippen molar-refractivity contribution < 1.29 is 14.3 Å². The monoisotopic (exact) mass is 388 g/mol. The highest BCUT2D eigenvalue weighted by Crippen LogP contribution is 2.21. The van der Waals surface area contributed by atoms with E-state index in [-0.39, 0.29) is 5.91 Å². The maximum atomic E-state index is 12.4. The first-order chi connectivity index (χ1) is 14.1. The second-order valence-corrected chi connectivity index (χ2v) is 6.74. The summed E-state index contributed by atoms with van der Waals surface area (Å²) in [5, 5.41) is 2.77. The van der Waals surface area contributed by atoms with Crippen molar-refractivity contribution in [3.63, 3.8) is 0 Å². The number of benzene rings is 2. The quantitative estimate of drug-likeness (QED) is 0.692. The summed E-state index contributed by atoms with van der Waals surface area (Å²) >= 11 is 0. The van der Waals surface area contributed by atoms with Gasteiger partial charge in [-0.25, -0.2) is 14.8 Å². The van der Waals surface area contributed by atoms with Gasteiger partial charge >= 0.3 is 5.97 Å². The Bertz CT molecular complexity index is 1030. The molecule has 7 nitrogen and oxygen atoms in total. The van der Waals surface area contributed by atoms with Gasteiger partial charge in [0.15, 0.2) is 0 Å². The summed E-state index contributed by atoms with van der Waals surface area (Å²) in [6.45, 7) is 1.60. The summed E-state index contributed by atoms with van der Waals surface area (Å²) in [6.07, 6.45) is 4.01. The van der Waals surface area contributed by atoms with Crippen molar-refractivity contribution in [3.8, 4) is 0 Å². The van der Waals surface area contributed by atoms with Gasteiger partial charge in [0, 0.05) is 31.2 Å². The Morgan fingerprint density at radius 2 is 1.66 bits per heavy atom. The van der Waals surface area contributed by atoms with E-state index >= 15 is 0 Å². The van der Waals surface area contributed by atoms with E-state index in [1.165, 1.54) is 30.6 Å². The maximum absolute atomic E-state index is 12.4. The Kier molecular flexibility index (Phi) is 5.20. The highest BCUT2D eigenvalue weighted by molar-refractivity contribution is 6.04. The van der Waals surface area contributed by atoms with Crippen molar-refractivity contribution in [1.82, 2.24) is 9.97 Å². The first-order valence-corrected chi connectivity index (χ1v) is 9.27. The number of aromatic nitrogens is 2. The van der Waals surface area contributed by atoms with Crippen LogP contribution in [-0.2, 0) is 17.7 Å². The number of fused-ring (bicyclic) bond motifs is 1. The van der Waals surface area contributed by atoms with E-state index in [0.717, 1.165) is 19.5 Å². The molecular weight excluding hydrogens is 368 g/mol. The molecule has 0 unspecified atom stereocenters. The average molecular weight is 388 g/mol. The molecule has 3 aromatic rings. The van der Waals surface area contributed by atoms with Gasteiger partial charge in [0.05, 0.1) is 18.2 Å². The minimum Gasteiger partial charge on any atom is -0.465 e. The maximum Gasteiger partial charge on any atom is 0.337 e. The molecule has 29 heavy (non-hydrogen) atoms. The van der Waals surface area contributed by atoms with Crippen LogP contribution in [0.15, 0.2) is 60.9 Å². The molecule has 1 aromatic heterocycles. The Morgan fingerprint density at radius 3 is 2.34 bits per heavy atom. The highest BCUT2D eigenvalue weighted by Gasteiger charge is 2.18. The van der Waals surface area contributed by atoms with Gasteiger partial charge in [-0.3, -0.25) is 4.79 Å². The van der Waals surface area contributed by atoms with E-state index in [1.54, 1.807) is 24.3 Å². The molecule has 2 aromatic carbocycles. The Hall–Kier alpha value is -3.74. The average Bonchev–Trinajstić information content (AvgIpc) is 2.79. The van der Waals surface area contributed by atoms with Gasteiger partial charge in [-0.15, -0.1) is 0 Å². The molecule has 0 fully saturated rings. The summed E-state index contributed by atoms with van der Waals surface area (Å²) in [6, 6.07) is 14.8. The molecule has 1 N–H and O–H groups in total. The third-order valence-corrected chi connectivity index (χ3v) is 4.88. The summed E-state index contributed by atoms with van der Waals surface area (Å²) in [4.78, 5) is 34.8. The predicted octanol–water partition coefficient (Wildman–Crippen LogP) is 3.08. The lowest BCUT2D eigenvalue weighted by atomic mass is 10.0. The fourth-order valence-corrected chi connectivity index (χ4v) is 3.28. The second kappa shape index (κ2) is 8.10. The minimum absolute atomic E-state index is 0.314. The van der Waals surface area contributed by atoms with Crippen LogP contribution in [0.1, 0.15) is 31.8 Å². The lowest BCUT2D eigenvalue weighted by Crippen LogP contribution is -2.31. The molecule has 0 atom stereocenters. The van der Waals surface area contributed by atoms with E-state index in [9.17, 15) is 9.59 Å². The number of nitrogens with one attached hydrogen (secondary N) is 1. The second-order valence-electron chi connectivity index (χ2n) is 6.74. The number of ether oxygens (including phenoxy) is 1. The number of esters is 1. The molecule has 4 rings (SSSR count). The van der Waals surface area contributed by atoms with E-state index < -0.39 is 5.97 Å². The topological polar surface area (TPSA) is 84.4 Å². The lowest BCUT2D eigenvalue weighted by Gasteiger charge is -2.28. The minimum atomic E-state index is -0.424. The van der Waals surface area contributed by atoms with Gasteiger partial charge in [0.1, 0.15) is 0 Å². The van der Waals surface area contributed by atoms with Gasteiger partial charge in [0.25, 0.3) is 5.91 Å². The SMILES string of the molecule is COC(=O)c1ccc(NC(=O)c2cnc(N3CCc4ccccc4C3)nc2)cc1. The zero-order valence-electron chi connectivity index (χ0n) is 16.0. The van der Waals surface area contributed by atoms with Crippen LogP contribution >= 0.6 is 0 Å². The Morgan fingerprint density at radius 1 is 0.966 bits per heavy atom. The first kappa shape index (κ1) is 18.6. The van der Waals surface area contributed by atoms with Crippen molar-refractivity contribution in [2.24, 2.45) is 0 Å². The number of rotatable bonds is 4. The van der Waals surface area contributed by atoms with Crippen molar-refractivity contribution in [2.75, 3.05) is 23.9 Å². The molecule has 0 bridgehead atoms. The smallest absolute Gasteiger partial charge is 0.337 e. The molecule has 0 radical (unpaired) electrons. The molecule has 146 valence electrons. The molecule has 0 saturated heterocycles. The van der Waals surface area contributed by atoms with Gasteiger partial charge in [-0.2, -0.15) is 0 Å². The van der Waals surface area contributed by atoms with Gasteiger partial charge in [0.2, 0.25) is 5.95 Å². The number of carbonyl (C=O) groups is 2. The number of anilines is 2. The van der Waals surface area contributed by atoms with Crippen LogP contribution in [0, 0.1) is 0 Å². The summed E-state index contributed by atoms with van der Waals surface area (Å²) in [5.41, 5.74) is 3.99. The molecule has 1 aliphatic rings. The van der Waals surface area contributed by atoms with Gasteiger partial charge in [-0.1, -0.05) is 24.3 Å². The van der Waals surface area contributed by atoms with Crippen LogP contribution < -0.4 is 10.2 Å². The van der Waals surface area contributed by atoms with Crippen molar-refractivity contribution in [3.05, 3.63) is 83.2 Å². The largest absolute Gasteiger partial charge is 0.465 e. The zero-order valence-corrected chi connectivity index (χ0v) is 16.0. The third kappa shape index (κ3) is 4.08. The molecule has 1 amide bonds. The Labute approximate surface area is 168 Å². The molecular formula is C22H20N4O3. The molecule has 0 spiro atoms. The van der Waals surface area contributed by atoms with Gasteiger partial charge in [-0.05, 0) is 41.8 Å². The van der Waals surface area contributed by atoms with Crippen LogP contribution in [0.3, 0.4) is 0 Å². The molecule has 0 saturated carbocycles. The summed E-state index contributed by atoms with van der Waals surface area (Å²) in [5.74, 6) is -0.128. The van der Waals surface area contributed by atoms with Crippen molar-refractivity contribution >= 4 is 23.5 Å². The fourth-order valence-electron chi connectivity index (χ4n) is 3.28. The number of carbonyl (C=O) groups excluding carboxylic acids is 2. The highest BCUT2D eigenvalue weighted by atomic mass is 16.5. The van der Waals surface area contributed by atoms with E-state index in [2.05, 4.69) is 43.1 Å². The van der Waals surface area contributed by atoms with E-state index in [4.69, 9.17) is 0 Å². The summed E-state index contributed by atoms with van der Waals surface area (Å²) in [7, 11) is 1.32. The Balaban J connectivity index is 1.41. The van der Waals surface area contributed by atoms with Crippen LogP contribution in [0.25, 0.3) is 0 Å². The molecule has 7 heteroatoms. The normalized spacial score (nSPS) is 12.8. The first-order valence-electron chi connectivity index (χ1n) is 9.27. The van der Waals surface area contributed by atoms with Crippen molar-refractivity contribution in [2.45, 2.75) is 13.0 Å². The zero-order chi connectivity index (χ0) is 20.2. The molecule has 2 heterocycles. The van der Waals surface area contributed by atoms with Gasteiger partial charge < -0.3 is 15.0 Å². The number of amides is 1. The number of methoxy groups -OCH3 is 1. The van der Waals surface area contributed by atoms with Crippen LogP contribution in [0.4, 0.5) is 11.6 Å². The third-order valence-electron chi connectivity index (χ3n) is 4.88. The summed E-state index contributed by atoms with van der Waals surface area (Å²) < 4.78 is 4.66. The number of hydrogen-bond acceptors (Lipinski definition) is 6. The van der Waals surface area contributed by atoms with E-state index in [1.807, 2.05) is 6.07 Å². The lowest BCUT2D eigenvalue weighted by molar-refractivity contribution is 0.0600. The number of hydrogen-bond donors (Lipinski definition) is 1. The number of nitrogens with zero attached hydrogens (tertiary/aromatic N) is 3.